The number of nitrogens with two attached hydrogens (primary N) is 1. The van der Waals surface area contributed by atoms with Gasteiger partial charge in [0.15, 0.2) is 0 Å². The van der Waals surface area contributed by atoms with Crippen molar-refractivity contribution >= 4 is 5.91 Å². The third-order valence-corrected chi connectivity index (χ3v) is 4.45. The molecule has 1 amide bonds. The molecule has 0 bridgehead atoms. The van der Waals surface area contributed by atoms with Crippen molar-refractivity contribution in [2.45, 2.75) is 20.3 Å². The van der Waals surface area contributed by atoms with Crippen LogP contribution in [0.4, 0.5) is 0 Å². The molecule has 2 aromatic rings. The highest BCUT2D eigenvalue weighted by Gasteiger charge is 2.35. The van der Waals surface area contributed by atoms with E-state index in [1.165, 1.54) is 6.33 Å². The molecule has 3 rings (SSSR count). The number of hydrogen-bond donors (Lipinski definition) is 1. The molecule has 1 unspecified atom stereocenters. The minimum absolute atomic E-state index is 0.0470. The zero-order chi connectivity index (χ0) is 15.7. The predicted octanol–water partition coefficient (Wildman–Crippen LogP) is 1.39. The number of aryl methyl sites for hydroxylation is 1. The molecule has 116 valence electrons. The minimum Gasteiger partial charge on any atom is -0.338 e. The Balaban J connectivity index is 1.81. The Morgan fingerprint density at radius 3 is 2.86 bits per heavy atom. The molecule has 2 N–H and O–H groups in total. The summed E-state index contributed by atoms with van der Waals surface area (Å²) >= 11 is 0. The molecule has 22 heavy (non-hydrogen) atoms. The van der Waals surface area contributed by atoms with E-state index in [0.717, 1.165) is 30.8 Å². The predicted molar refractivity (Wildman–Crippen MR) is 83.8 cm³/mol. The van der Waals surface area contributed by atoms with Gasteiger partial charge in [-0.15, -0.1) is 0 Å². The Morgan fingerprint density at radius 2 is 2.27 bits per heavy atom. The highest BCUT2D eigenvalue weighted by Crippen LogP contribution is 2.29. The van der Waals surface area contributed by atoms with Gasteiger partial charge in [-0.1, -0.05) is 6.92 Å². The number of aromatic nitrogens is 3. The van der Waals surface area contributed by atoms with E-state index in [-0.39, 0.29) is 11.3 Å². The fourth-order valence-corrected chi connectivity index (χ4v) is 2.92. The number of carbonyl (C=O) groups is 1. The molecule has 0 spiro atoms. The summed E-state index contributed by atoms with van der Waals surface area (Å²) in [6.07, 6.45) is 4.11. The van der Waals surface area contributed by atoms with Crippen molar-refractivity contribution in [2.24, 2.45) is 11.1 Å². The van der Waals surface area contributed by atoms with Crippen LogP contribution in [0.2, 0.25) is 0 Å². The van der Waals surface area contributed by atoms with E-state index in [2.05, 4.69) is 17.0 Å². The van der Waals surface area contributed by atoms with E-state index in [1.807, 2.05) is 30.0 Å². The lowest BCUT2D eigenvalue weighted by molar-refractivity contribution is 0.0777. The Bertz CT molecular complexity index is 682. The fraction of sp³-hybridized carbons (Fsp3) is 0.438. The molecule has 6 heteroatoms. The lowest BCUT2D eigenvalue weighted by atomic mass is 9.90. The standard InChI is InChI=1S/C16H21N5O/c1-12-7-13(3-4-14(12)21-11-18-10-19-21)15(22)20-6-5-16(2,8-17)9-20/h3-4,7,10-11H,5-6,8-9,17H2,1-2H3. The van der Waals surface area contributed by atoms with Gasteiger partial charge in [-0.2, -0.15) is 5.10 Å². The summed E-state index contributed by atoms with van der Waals surface area (Å²) < 4.78 is 1.70. The topological polar surface area (TPSA) is 77.0 Å². The van der Waals surface area contributed by atoms with Crippen LogP contribution in [-0.2, 0) is 0 Å². The van der Waals surface area contributed by atoms with Gasteiger partial charge in [0.25, 0.3) is 5.91 Å². The van der Waals surface area contributed by atoms with Crippen LogP contribution in [-0.4, -0.2) is 45.2 Å². The molecule has 0 aliphatic carbocycles. The monoisotopic (exact) mass is 299 g/mol. The number of benzene rings is 1. The first kappa shape index (κ1) is 14.7. The van der Waals surface area contributed by atoms with Crippen LogP contribution in [0.1, 0.15) is 29.3 Å². The Labute approximate surface area is 129 Å². The van der Waals surface area contributed by atoms with Crippen molar-refractivity contribution < 1.29 is 4.79 Å². The molecule has 1 fully saturated rings. The molecule has 1 aromatic heterocycles. The fourth-order valence-electron chi connectivity index (χ4n) is 2.92. The minimum atomic E-state index is 0.0470. The van der Waals surface area contributed by atoms with Gasteiger partial charge in [-0.05, 0) is 49.1 Å². The van der Waals surface area contributed by atoms with Crippen LogP contribution in [0, 0.1) is 12.3 Å². The van der Waals surface area contributed by atoms with Gasteiger partial charge >= 0.3 is 0 Å². The van der Waals surface area contributed by atoms with Crippen molar-refractivity contribution in [3.63, 3.8) is 0 Å². The van der Waals surface area contributed by atoms with E-state index >= 15 is 0 Å². The van der Waals surface area contributed by atoms with Gasteiger partial charge in [-0.3, -0.25) is 4.79 Å². The van der Waals surface area contributed by atoms with Gasteiger partial charge in [0, 0.05) is 18.7 Å². The van der Waals surface area contributed by atoms with E-state index in [4.69, 9.17) is 5.73 Å². The molecule has 1 atom stereocenters. The summed E-state index contributed by atoms with van der Waals surface area (Å²) in [6.45, 7) is 6.23. The van der Waals surface area contributed by atoms with Crippen molar-refractivity contribution in [3.05, 3.63) is 42.0 Å². The number of carbonyl (C=O) groups excluding carboxylic acids is 1. The Hall–Kier alpha value is -2.21. The maximum Gasteiger partial charge on any atom is 0.253 e. The first-order chi connectivity index (χ1) is 10.5. The van der Waals surface area contributed by atoms with E-state index in [0.29, 0.717) is 12.1 Å². The smallest absolute Gasteiger partial charge is 0.253 e. The normalized spacial score (nSPS) is 21.3. The number of nitrogens with zero attached hydrogens (tertiary/aromatic N) is 4. The van der Waals surface area contributed by atoms with Crippen molar-refractivity contribution in [3.8, 4) is 5.69 Å². The lowest BCUT2D eigenvalue weighted by Gasteiger charge is -2.22. The second-order valence-corrected chi connectivity index (χ2v) is 6.33. The second kappa shape index (κ2) is 5.53. The molecule has 0 radical (unpaired) electrons. The number of likely N-dealkylation sites (tertiary alicyclic amines) is 1. The van der Waals surface area contributed by atoms with Crippen LogP contribution < -0.4 is 5.73 Å². The van der Waals surface area contributed by atoms with Crippen molar-refractivity contribution in [1.82, 2.24) is 19.7 Å². The summed E-state index contributed by atoms with van der Waals surface area (Å²) in [5.74, 6) is 0.0745. The quantitative estimate of drug-likeness (QED) is 0.929. The first-order valence-electron chi connectivity index (χ1n) is 7.47. The largest absolute Gasteiger partial charge is 0.338 e. The van der Waals surface area contributed by atoms with Crippen molar-refractivity contribution in [1.29, 1.82) is 0 Å². The van der Waals surface area contributed by atoms with E-state index < -0.39 is 0 Å². The Morgan fingerprint density at radius 1 is 1.45 bits per heavy atom. The third kappa shape index (κ3) is 2.62. The summed E-state index contributed by atoms with van der Waals surface area (Å²) in [7, 11) is 0. The van der Waals surface area contributed by atoms with Gasteiger partial charge in [0.05, 0.1) is 5.69 Å². The first-order valence-corrected chi connectivity index (χ1v) is 7.47. The molecule has 1 saturated heterocycles. The number of rotatable bonds is 3. The van der Waals surface area contributed by atoms with E-state index in [9.17, 15) is 4.79 Å². The zero-order valence-electron chi connectivity index (χ0n) is 13.0. The molecule has 1 aliphatic rings. The second-order valence-electron chi connectivity index (χ2n) is 6.33. The van der Waals surface area contributed by atoms with Crippen LogP contribution in [0.5, 0.6) is 0 Å². The van der Waals surface area contributed by atoms with E-state index in [1.54, 1.807) is 11.0 Å². The summed E-state index contributed by atoms with van der Waals surface area (Å²) in [5.41, 5.74) is 8.50. The SMILES string of the molecule is Cc1cc(C(=O)N2CCC(C)(CN)C2)ccc1-n1cncn1. The van der Waals surface area contributed by atoms with Gasteiger partial charge in [0.1, 0.15) is 12.7 Å². The molecule has 1 aromatic carbocycles. The lowest BCUT2D eigenvalue weighted by Crippen LogP contribution is -2.34. The van der Waals surface area contributed by atoms with Crippen LogP contribution in [0.15, 0.2) is 30.9 Å². The number of amides is 1. The maximum absolute atomic E-state index is 12.7. The average Bonchev–Trinajstić information content (AvgIpc) is 3.17. The third-order valence-electron chi connectivity index (χ3n) is 4.45. The Kier molecular flexibility index (Phi) is 3.70. The highest BCUT2D eigenvalue weighted by atomic mass is 16.2. The molecular weight excluding hydrogens is 278 g/mol. The molecule has 0 saturated carbocycles. The van der Waals surface area contributed by atoms with Crippen LogP contribution in [0.25, 0.3) is 5.69 Å². The molecule has 2 heterocycles. The molecular formula is C16H21N5O. The highest BCUT2D eigenvalue weighted by molar-refractivity contribution is 5.95. The number of hydrogen-bond acceptors (Lipinski definition) is 4. The van der Waals surface area contributed by atoms with Crippen molar-refractivity contribution in [2.75, 3.05) is 19.6 Å². The average molecular weight is 299 g/mol. The van der Waals surface area contributed by atoms with Gasteiger partial charge in [-0.25, -0.2) is 9.67 Å². The van der Waals surface area contributed by atoms with Crippen LogP contribution >= 0.6 is 0 Å². The summed E-state index contributed by atoms with van der Waals surface area (Å²) in [6, 6.07) is 5.68. The van der Waals surface area contributed by atoms with Gasteiger partial charge < -0.3 is 10.6 Å². The molecule has 1 aliphatic heterocycles. The summed E-state index contributed by atoms with van der Waals surface area (Å²) in [4.78, 5) is 18.5. The zero-order valence-corrected chi connectivity index (χ0v) is 13.0. The van der Waals surface area contributed by atoms with Gasteiger partial charge in [0.2, 0.25) is 0 Å². The molecule has 6 nitrogen and oxygen atoms in total. The maximum atomic E-state index is 12.7. The van der Waals surface area contributed by atoms with Crippen LogP contribution in [0.3, 0.4) is 0 Å². The summed E-state index contributed by atoms with van der Waals surface area (Å²) in [5, 5.41) is 4.13.